The predicted molar refractivity (Wildman–Crippen MR) is 142 cm³/mol. The number of ether oxygens (including phenoxy) is 2. The van der Waals surface area contributed by atoms with Crippen LogP contribution in [0.25, 0.3) is 0 Å². The summed E-state index contributed by atoms with van der Waals surface area (Å²) < 4.78 is 85.2. The second kappa shape index (κ2) is 9.63. The molecule has 2 unspecified atom stereocenters. The van der Waals surface area contributed by atoms with Crippen LogP contribution in [0.4, 0.5) is 27.6 Å². The topological polar surface area (TPSA) is 88.0 Å². The molecular formula is C27H28ClF5N6O2. The number of fused-ring (bicyclic) bond motifs is 3. The van der Waals surface area contributed by atoms with Gasteiger partial charge in [-0.25, -0.2) is 13.8 Å². The average molecular weight is 599 g/mol. The number of allylic oxidation sites excluding steroid dienone is 1. The molecule has 7 rings (SSSR count). The molecule has 0 spiro atoms. The Labute approximate surface area is 237 Å². The van der Waals surface area contributed by atoms with Crippen molar-refractivity contribution < 1.29 is 31.4 Å². The van der Waals surface area contributed by atoms with Gasteiger partial charge in [0, 0.05) is 36.8 Å². The molecule has 41 heavy (non-hydrogen) atoms. The first kappa shape index (κ1) is 27.1. The SMILES string of the molecule is Nc1cc(Cl)c(C(F)(F)F)c(C2=NC3OCC[C@H]4CCN4C4=NC(OC[C@@]56CCCN5C[C@H](F)C6)=NC(=C2F)C43)c1. The Kier molecular flexibility index (Phi) is 6.36. The van der Waals surface area contributed by atoms with E-state index in [1.165, 1.54) is 0 Å². The molecule has 4 saturated heterocycles. The molecule has 5 atom stereocenters. The van der Waals surface area contributed by atoms with Crippen LogP contribution in [-0.2, 0) is 15.7 Å². The molecule has 0 aromatic heterocycles. The van der Waals surface area contributed by atoms with E-state index in [0.29, 0.717) is 31.8 Å². The molecule has 0 aliphatic carbocycles. The molecule has 8 nitrogen and oxygen atoms in total. The maximum Gasteiger partial charge on any atom is 0.418 e. The second-order valence-electron chi connectivity index (χ2n) is 11.5. The number of nitrogen functional groups attached to an aromatic ring is 1. The summed E-state index contributed by atoms with van der Waals surface area (Å²) >= 11 is 5.97. The number of alkyl halides is 4. The summed E-state index contributed by atoms with van der Waals surface area (Å²) in [5.74, 6) is -1.47. The predicted octanol–water partition coefficient (Wildman–Crippen LogP) is 4.72. The number of rotatable bonds is 3. The Morgan fingerprint density at radius 2 is 2.02 bits per heavy atom. The lowest BCUT2D eigenvalue weighted by Gasteiger charge is -2.49. The van der Waals surface area contributed by atoms with E-state index >= 15 is 4.39 Å². The third kappa shape index (κ3) is 4.42. The second-order valence-corrected chi connectivity index (χ2v) is 11.9. The van der Waals surface area contributed by atoms with Crippen molar-refractivity contribution in [2.75, 3.05) is 38.6 Å². The van der Waals surface area contributed by atoms with E-state index in [1.54, 1.807) is 0 Å². The molecule has 4 fully saturated rings. The standard InChI is InChI=1S/C27H28ClF5N6O2/c28-17-9-14(34)8-16(19(17)27(31,32)33)21-20(30)22-18-23(39-6-2-15(39)3-7-40-24(18)35-21)37-25(36-22)41-12-26-4-1-5-38(26)11-13(29)10-26/h8-9,13,15,18,24H,1-7,10-12,34H2/t13-,15-,18?,24?,26+/m1/s1. The fourth-order valence-corrected chi connectivity index (χ4v) is 7.40. The van der Waals surface area contributed by atoms with Crippen molar-refractivity contribution in [3.8, 4) is 0 Å². The van der Waals surface area contributed by atoms with Gasteiger partial charge in [-0.1, -0.05) is 11.6 Å². The lowest BCUT2D eigenvalue weighted by Crippen LogP contribution is -2.58. The summed E-state index contributed by atoms with van der Waals surface area (Å²) in [5.41, 5.74) is 2.66. The maximum atomic E-state index is 16.4. The molecule has 0 amide bonds. The summed E-state index contributed by atoms with van der Waals surface area (Å²) in [6.45, 7) is 2.18. The van der Waals surface area contributed by atoms with Gasteiger partial charge in [0.1, 0.15) is 30.2 Å². The smallest absolute Gasteiger partial charge is 0.418 e. The molecule has 0 bridgehead atoms. The van der Waals surface area contributed by atoms with E-state index in [2.05, 4.69) is 19.9 Å². The molecule has 1 aromatic carbocycles. The van der Waals surface area contributed by atoms with Crippen LogP contribution in [0.2, 0.25) is 5.02 Å². The molecule has 6 heterocycles. The molecule has 6 aliphatic rings. The molecule has 0 saturated carbocycles. The van der Waals surface area contributed by atoms with Gasteiger partial charge in [-0.15, -0.1) is 0 Å². The first-order valence-corrected chi connectivity index (χ1v) is 14.1. The van der Waals surface area contributed by atoms with E-state index < -0.39 is 57.7 Å². The van der Waals surface area contributed by atoms with Crippen LogP contribution in [0.5, 0.6) is 0 Å². The Hall–Kier alpha value is -2.77. The van der Waals surface area contributed by atoms with Crippen molar-refractivity contribution in [2.24, 2.45) is 20.9 Å². The zero-order chi connectivity index (χ0) is 28.7. The van der Waals surface area contributed by atoms with E-state index in [4.69, 9.17) is 26.8 Å². The fraction of sp³-hybridized carbons (Fsp3) is 0.593. The van der Waals surface area contributed by atoms with Gasteiger partial charge in [-0.3, -0.25) is 4.90 Å². The van der Waals surface area contributed by atoms with E-state index in [0.717, 1.165) is 37.9 Å². The molecule has 0 radical (unpaired) electrons. The summed E-state index contributed by atoms with van der Waals surface area (Å²) in [6.07, 6.45) is -3.39. The summed E-state index contributed by atoms with van der Waals surface area (Å²) in [7, 11) is 0. The number of nitrogens with zero attached hydrogens (tertiary/aromatic N) is 5. The van der Waals surface area contributed by atoms with Crippen molar-refractivity contribution in [3.63, 3.8) is 0 Å². The van der Waals surface area contributed by atoms with Crippen LogP contribution in [-0.4, -0.2) is 84.2 Å². The zero-order valence-electron chi connectivity index (χ0n) is 21.9. The van der Waals surface area contributed by atoms with Gasteiger partial charge in [0.05, 0.1) is 28.4 Å². The number of hydrogen-bond donors (Lipinski definition) is 1. The Balaban J connectivity index is 1.32. The Morgan fingerprint density at radius 1 is 1.20 bits per heavy atom. The first-order valence-electron chi connectivity index (χ1n) is 13.8. The number of aliphatic imine (C=N–C) groups is 3. The zero-order valence-corrected chi connectivity index (χ0v) is 22.7. The largest absolute Gasteiger partial charge is 0.461 e. The quantitative estimate of drug-likeness (QED) is 0.402. The summed E-state index contributed by atoms with van der Waals surface area (Å²) in [6, 6.07) is 1.98. The third-order valence-electron chi connectivity index (χ3n) is 9.03. The van der Waals surface area contributed by atoms with Crippen molar-refractivity contribution >= 4 is 34.9 Å². The number of amidine groups is 2. The van der Waals surface area contributed by atoms with Crippen LogP contribution in [0, 0.1) is 5.92 Å². The van der Waals surface area contributed by atoms with Crippen molar-refractivity contribution in [1.29, 1.82) is 0 Å². The highest BCUT2D eigenvalue weighted by atomic mass is 35.5. The fourth-order valence-electron chi connectivity index (χ4n) is 7.06. The molecule has 14 heteroatoms. The lowest BCUT2D eigenvalue weighted by molar-refractivity contribution is -0.137. The number of halogens is 6. The van der Waals surface area contributed by atoms with Gasteiger partial charge in [-0.2, -0.15) is 23.2 Å². The number of nitrogens with two attached hydrogens (primary N) is 1. The van der Waals surface area contributed by atoms with Crippen LogP contribution in [0.3, 0.4) is 0 Å². The number of anilines is 1. The summed E-state index contributed by atoms with van der Waals surface area (Å²) in [5, 5.41) is -0.668. The highest BCUT2D eigenvalue weighted by Gasteiger charge is 2.51. The first-order chi connectivity index (χ1) is 19.5. The maximum absolute atomic E-state index is 16.4. The molecule has 1 aromatic rings. The minimum atomic E-state index is -4.91. The van der Waals surface area contributed by atoms with Crippen LogP contribution >= 0.6 is 11.6 Å². The van der Waals surface area contributed by atoms with Gasteiger partial charge in [-0.05, 0) is 44.4 Å². The van der Waals surface area contributed by atoms with Crippen LogP contribution in [0.15, 0.2) is 38.6 Å². The minimum Gasteiger partial charge on any atom is -0.461 e. The molecule has 220 valence electrons. The summed E-state index contributed by atoms with van der Waals surface area (Å²) in [4.78, 5) is 17.5. The van der Waals surface area contributed by atoms with Gasteiger partial charge in [0.15, 0.2) is 12.1 Å². The highest BCUT2D eigenvalue weighted by molar-refractivity contribution is 6.32. The number of benzene rings is 1. The molecular weight excluding hydrogens is 571 g/mol. The van der Waals surface area contributed by atoms with Gasteiger partial charge in [0.25, 0.3) is 0 Å². The molecule has 6 aliphatic heterocycles. The van der Waals surface area contributed by atoms with E-state index in [-0.39, 0.29) is 36.7 Å². The van der Waals surface area contributed by atoms with Crippen molar-refractivity contribution in [3.05, 3.63) is 39.8 Å². The normalized spacial score (nSPS) is 33.1. The van der Waals surface area contributed by atoms with Crippen LogP contribution in [0.1, 0.15) is 43.2 Å². The van der Waals surface area contributed by atoms with E-state index in [9.17, 15) is 17.6 Å². The van der Waals surface area contributed by atoms with Crippen molar-refractivity contribution in [2.45, 2.75) is 62.3 Å². The van der Waals surface area contributed by atoms with Gasteiger partial charge >= 0.3 is 12.2 Å². The van der Waals surface area contributed by atoms with Gasteiger partial charge < -0.3 is 20.1 Å². The van der Waals surface area contributed by atoms with Crippen molar-refractivity contribution in [1.82, 2.24) is 9.80 Å². The van der Waals surface area contributed by atoms with Crippen LogP contribution < -0.4 is 5.73 Å². The minimum absolute atomic E-state index is 0.0795. The Morgan fingerprint density at radius 3 is 2.78 bits per heavy atom. The van der Waals surface area contributed by atoms with E-state index in [1.807, 2.05) is 4.90 Å². The number of hydrogen-bond acceptors (Lipinski definition) is 8. The monoisotopic (exact) mass is 598 g/mol. The highest BCUT2D eigenvalue weighted by Crippen LogP contribution is 2.45. The lowest BCUT2D eigenvalue weighted by atomic mass is 9.88. The third-order valence-corrected chi connectivity index (χ3v) is 9.33. The molecule has 2 N–H and O–H groups in total. The van der Waals surface area contributed by atoms with Gasteiger partial charge in [0.2, 0.25) is 0 Å². The number of dihydropyridines is 1. The Bertz CT molecular complexity index is 1410. The average Bonchev–Trinajstić information content (AvgIpc) is 3.39.